The van der Waals surface area contributed by atoms with Crippen LogP contribution in [-0.2, 0) is 9.59 Å². The summed E-state index contributed by atoms with van der Waals surface area (Å²) < 4.78 is 55.7. The van der Waals surface area contributed by atoms with Gasteiger partial charge in [-0.05, 0) is 49.8 Å². The zero-order valence-electron chi connectivity index (χ0n) is 19.3. The SMILES string of the molecule is CCN(CC)c1cc(F)c(-c2ccc(C#N)cc2)cc1NC(=O)C(=C/NC)/C(=C\C=O)C(F)(F)F. The van der Waals surface area contributed by atoms with Gasteiger partial charge in [-0.3, -0.25) is 9.59 Å². The van der Waals surface area contributed by atoms with Crippen molar-refractivity contribution in [3.8, 4) is 17.2 Å². The fourth-order valence-corrected chi connectivity index (χ4v) is 3.44. The monoisotopic (exact) mass is 488 g/mol. The summed E-state index contributed by atoms with van der Waals surface area (Å²) in [6.07, 6.45) is -3.93. The summed E-state index contributed by atoms with van der Waals surface area (Å²) in [5.74, 6) is -1.76. The fourth-order valence-electron chi connectivity index (χ4n) is 3.44. The van der Waals surface area contributed by atoms with Gasteiger partial charge in [0.15, 0.2) is 0 Å². The van der Waals surface area contributed by atoms with Crippen molar-refractivity contribution in [3.05, 3.63) is 71.2 Å². The normalized spacial score (nSPS) is 12.1. The first-order chi connectivity index (χ1) is 16.6. The number of nitriles is 1. The molecular weight excluding hydrogens is 464 g/mol. The number of aldehydes is 1. The van der Waals surface area contributed by atoms with Crippen molar-refractivity contribution in [2.45, 2.75) is 20.0 Å². The predicted octanol–water partition coefficient (Wildman–Crippen LogP) is 4.94. The van der Waals surface area contributed by atoms with Crippen molar-refractivity contribution < 1.29 is 27.2 Å². The molecular formula is C25H24F4N4O2. The Bertz CT molecular complexity index is 1180. The Balaban J connectivity index is 2.65. The van der Waals surface area contributed by atoms with Gasteiger partial charge in [0.25, 0.3) is 5.91 Å². The van der Waals surface area contributed by atoms with Crippen LogP contribution in [-0.4, -0.2) is 38.5 Å². The number of hydrogen-bond donors (Lipinski definition) is 2. The van der Waals surface area contributed by atoms with Crippen molar-refractivity contribution in [1.29, 1.82) is 5.26 Å². The van der Waals surface area contributed by atoms with Crippen LogP contribution in [0.15, 0.2) is 59.8 Å². The Hall–Kier alpha value is -4.13. The van der Waals surface area contributed by atoms with E-state index in [4.69, 9.17) is 5.26 Å². The van der Waals surface area contributed by atoms with Gasteiger partial charge in [-0.1, -0.05) is 12.1 Å². The van der Waals surface area contributed by atoms with Crippen molar-refractivity contribution in [2.24, 2.45) is 0 Å². The number of carbonyl (C=O) groups excluding carboxylic acids is 2. The van der Waals surface area contributed by atoms with Crippen LogP contribution in [0, 0.1) is 17.1 Å². The Kier molecular flexibility index (Phi) is 9.17. The van der Waals surface area contributed by atoms with Crippen molar-refractivity contribution in [3.63, 3.8) is 0 Å². The Morgan fingerprint density at radius 1 is 1.14 bits per heavy atom. The van der Waals surface area contributed by atoms with Gasteiger partial charge < -0.3 is 15.5 Å². The molecule has 6 nitrogen and oxygen atoms in total. The lowest BCUT2D eigenvalue weighted by Gasteiger charge is -2.26. The van der Waals surface area contributed by atoms with Gasteiger partial charge in [0, 0.05) is 31.9 Å². The topological polar surface area (TPSA) is 85.2 Å². The quantitative estimate of drug-likeness (QED) is 0.226. The second-order valence-electron chi connectivity index (χ2n) is 7.23. The summed E-state index contributed by atoms with van der Waals surface area (Å²) in [6, 6.07) is 10.5. The first-order valence-corrected chi connectivity index (χ1v) is 10.6. The number of hydrogen-bond acceptors (Lipinski definition) is 5. The molecule has 2 aromatic rings. The molecule has 0 spiro atoms. The minimum atomic E-state index is -4.97. The lowest BCUT2D eigenvalue weighted by molar-refractivity contribution is -0.115. The molecule has 0 atom stereocenters. The van der Waals surface area contributed by atoms with Gasteiger partial charge in [0.05, 0.1) is 34.2 Å². The van der Waals surface area contributed by atoms with Gasteiger partial charge >= 0.3 is 6.18 Å². The average Bonchev–Trinajstić information content (AvgIpc) is 2.83. The first kappa shape index (κ1) is 27.1. The molecule has 0 saturated heterocycles. The lowest BCUT2D eigenvalue weighted by Crippen LogP contribution is -2.27. The molecule has 10 heteroatoms. The van der Waals surface area contributed by atoms with Crippen LogP contribution in [0.5, 0.6) is 0 Å². The number of alkyl halides is 3. The predicted molar refractivity (Wildman–Crippen MR) is 126 cm³/mol. The number of nitrogens with zero attached hydrogens (tertiary/aromatic N) is 2. The highest BCUT2D eigenvalue weighted by Crippen LogP contribution is 2.36. The lowest BCUT2D eigenvalue weighted by atomic mass is 10.0. The van der Waals surface area contributed by atoms with E-state index in [-0.39, 0.29) is 29.3 Å². The van der Waals surface area contributed by atoms with Crippen LogP contribution in [0.3, 0.4) is 0 Å². The fraction of sp³-hybridized carbons (Fsp3) is 0.240. The molecule has 0 heterocycles. The second kappa shape index (κ2) is 11.8. The number of amides is 1. The van der Waals surface area contributed by atoms with Crippen LogP contribution in [0.2, 0.25) is 0 Å². The first-order valence-electron chi connectivity index (χ1n) is 10.6. The summed E-state index contributed by atoms with van der Waals surface area (Å²) in [5, 5.41) is 13.8. The van der Waals surface area contributed by atoms with E-state index in [1.165, 1.54) is 43.4 Å². The molecule has 2 N–H and O–H groups in total. The third-order valence-corrected chi connectivity index (χ3v) is 5.13. The van der Waals surface area contributed by atoms with E-state index >= 15 is 4.39 Å². The van der Waals surface area contributed by atoms with E-state index < -0.39 is 29.0 Å². The maximum Gasteiger partial charge on any atom is 0.417 e. The molecule has 0 saturated carbocycles. The van der Waals surface area contributed by atoms with E-state index in [1.807, 2.05) is 19.9 Å². The molecule has 2 rings (SSSR count). The van der Waals surface area contributed by atoms with Crippen LogP contribution in [0.1, 0.15) is 19.4 Å². The van der Waals surface area contributed by atoms with Crippen LogP contribution in [0.4, 0.5) is 28.9 Å². The molecule has 0 aliphatic rings. The molecule has 184 valence electrons. The molecule has 0 aliphatic carbocycles. The maximum atomic E-state index is 15.1. The standard InChI is InChI=1S/C25H24F4N4O2/c1-4-33(5-2)23-13-21(26)18(17-8-6-16(14-30)7-9-17)12-22(23)32-24(35)19(15-31-3)20(10-11-34)25(27,28)29/h6-13,15,31H,4-5H2,1-3H3,(H,32,35)/b19-15+,20-10+. The minimum absolute atomic E-state index is 0.0537. The highest BCUT2D eigenvalue weighted by molar-refractivity contribution is 6.09. The van der Waals surface area contributed by atoms with E-state index in [2.05, 4.69) is 10.6 Å². The zero-order chi connectivity index (χ0) is 26.2. The Morgan fingerprint density at radius 3 is 2.26 bits per heavy atom. The summed E-state index contributed by atoms with van der Waals surface area (Å²) in [6.45, 7) is 4.49. The molecule has 0 unspecified atom stereocenters. The van der Waals surface area contributed by atoms with Gasteiger partial charge in [-0.25, -0.2) is 4.39 Å². The number of benzene rings is 2. The number of anilines is 2. The van der Waals surface area contributed by atoms with Gasteiger partial charge in [-0.15, -0.1) is 0 Å². The molecule has 1 amide bonds. The van der Waals surface area contributed by atoms with E-state index in [0.29, 0.717) is 24.2 Å². The molecule has 2 aromatic carbocycles. The number of nitrogens with one attached hydrogen (secondary N) is 2. The highest BCUT2D eigenvalue weighted by atomic mass is 19.4. The van der Waals surface area contributed by atoms with Gasteiger partial charge in [-0.2, -0.15) is 18.4 Å². The Morgan fingerprint density at radius 2 is 1.77 bits per heavy atom. The van der Waals surface area contributed by atoms with Crippen LogP contribution in [0.25, 0.3) is 11.1 Å². The van der Waals surface area contributed by atoms with Crippen molar-refractivity contribution in [2.75, 3.05) is 30.4 Å². The zero-order valence-corrected chi connectivity index (χ0v) is 19.3. The number of carbonyl (C=O) groups is 2. The smallest absolute Gasteiger partial charge is 0.393 e. The third kappa shape index (κ3) is 6.47. The number of halogens is 4. The van der Waals surface area contributed by atoms with E-state index in [0.717, 1.165) is 6.20 Å². The van der Waals surface area contributed by atoms with E-state index in [9.17, 15) is 22.8 Å². The minimum Gasteiger partial charge on any atom is -0.393 e. The largest absolute Gasteiger partial charge is 0.417 e. The van der Waals surface area contributed by atoms with Crippen molar-refractivity contribution >= 4 is 23.6 Å². The van der Waals surface area contributed by atoms with E-state index in [1.54, 1.807) is 4.90 Å². The molecule has 0 aromatic heterocycles. The molecule has 0 bridgehead atoms. The molecule has 35 heavy (non-hydrogen) atoms. The second-order valence-corrected chi connectivity index (χ2v) is 7.23. The third-order valence-electron chi connectivity index (χ3n) is 5.13. The average molecular weight is 488 g/mol. The number of allylic oxidation sites excluding steroid dienone is 1. The summed E-state index contributed by atoms with van der Waals surface area (Å²) in [5.41, 5.74) is -1.04. The number of rotatable bonds is 9. The van der Waals surface area contributed by atoms with Gasteiger partial charge in [0.2, 0.25) is 0 Å². The maximum absolute atomic E-state index is 15.1. The highest BCUT2D eigenvalue weighted by Gasteiger charge is 2.38. The van der Waals surface area contributed by atoms with Crippen LogP contribution < -0.4 is 15.5 Å². The van der Waals surface area contributed by atoms with Crippen LogP contribution >= 0.6 is 0 Å². The summed E-state index contributed by atoms with van der Waals surface area (Å²) in [4.78, 5) is 25.6. The molecule has 0 radical (unpaired) electrons. The molecule has 0 fully saturated rings. The summed E-state index contributed by atoms with van der Waals surface area (Å²) >= 11 is 0. The van der Waals surface area contributed by atoms with Crippen molar-refractivity contribution in [1.82, 2.24) is 5.32 Å². The van der Waals surface area contributed by atoms with Gasteiger partial charge in [0.1, 0.15) is 12.1 Å². The summed E-state index contributed by atoms with van der Waals surface area (Å²) in [7, 11) is 1.31. The molecule has 0 aliphatic heterocycles. The Labute approximate surface area is 200 Å².